The molecule has 0 amide bonds. The van der Waals surface area contributed by atoms with E-state index in [4.69, 9.17) is 0 Å². The van der Waals surface area contributed by atoms with Gasteiger partial charge >= 0.3 is 0 Å². The first kappa shape index (κ1) is 15.2. The average molecular weight is 290 g/mol. The smallest absolute Gasteiger partial charge is 0.281 e. The fourth-order valence-electron chi connectivity index (χ4n) is 2.98. The molecule has 19 heavy (non-hydrogen) atoms. The standard InChI is InChI=1S/C12H26N4O2S/c1-3-15-8-4-5-12(15)11-14(2)19(17,18)16-9-6-13-7-10-16/h12-13H,3-11H2,1-2H3. The fraction of sp³-hybridized carbons (Fsp3) is 1.00. The molecule has 1 unspecified atom stereocenters. The predicted molar refractivity (Wildman–Crippen MR) is 76.3 cm³/mol. The minimum atomic E-state index is -3.28. The van der Waals surface area contributed by atoms with Crippen LogP contribution in [0, 0.1) is 0 Å². The summed E-state index contributed by atoms with van der Waals surface area (Å²) in [4.78, 5) is 2.38. The summed E-state index contributed by atoms with van der Waals surface area (Å²) in [5.74, 6) is 0. The largest absolute Gasteiger partial charge is 0.314 e. The minimum absolute atomic E-state index is 0.382. The molecule has 2 rings (SSSR count). The molecule has 6 nitrogen and oxygen atoms in total. The van der Waals surface area contributed by atoms with Crippen LogP contribution in [0.1, 0.15) is 19.8 Å². The Labute approximate surface area is 116 Å². The van der Waals surface area contributed by atoms with Gasteiger partial charge in [-0.2, -0.15) is 17.0 Å². The summed E-state index contributed by atoms with van der Waals surface area (Å²) in [5, 5.41) is 3.18. The SMILES string of the molecule is CCN1CCCC1CN(C)S(=O)(=O)N1CCNCC1. The van der Waals surface area contributed by atoms with Crippen LogP contribution < -0.4 is 5.32 Å². The lowest BCUT2D eigenvalue weighted by Crippen LogP contribution is -2.52. The lowest BCUT2D eigenvalue weighted by Gasteiger charge is -2.33. The Hall–Kier alpha value is -0.210. The average Bonchev–Trinajstić information content (AvgIpc) is 2.87. The number of likely N-dealkylation sites (N-methyl/N-ethyl adjacent to an activating group) is 2. The summed E-state index contributed by atoms with van der Waals surface area (Å²) in [6.07, 6.45) is 2.29. The molecule has 2 saturated heterocycles. The van der Waals surface area contributed by atoms with Crippen LogP contribution in [0.3, 0.4) is 0 Å². The summed E-state index contributed by atoms with van der Waals surface area (Å²) in [7, 11) is -1.57. The Morgan fingerprint density at radius 3 is 2.58 bits per heavy atom. The van der Waals surface area contributed by atoms with Crippen LogP contribution in [0.4, 0.5) is 0 Å². The Kier molecular flexibility index (Phi) is 5.19. The van der Waals surface area contributed by atoms with Gasteiger partial charge in [-0.25, -0.2) is 0 Å². The van der Waals surface area contributed by atoms with Crippen molar-refractivity contribution in [2.45, 2.75) is 25.8 Å². The third-order valence-corrected chi connectivity index (χ3v) is 6.12. The van der Waals surface area contributed by atoms with E-state index in [1.54, 1.807) is 11.4 Å². The molecule has 2 fully saturated rings. The van der Waals surface area contributed by atoms with Crippen LogP contribution in [0.5, 0.6) is 0 Å². The van der Waals surface area contributed by atoms with E-state index in [2.05, 4.69) is 17.1 Å². The zero-order chi connectivity index (χ0) is 13.9. The van der Waals surface area contributed by atoms with Crippen molar-refractivity contribution in [3.05, 3.63) is 0 Å². The molecule has 0 aliphatic carbocycles. The van der Waals surface area contributed by atoms with Gasteiger partial charge in [-0.05, 0) is 25.9 Å². The molecule has 0 aromatic heterocycles. The van der Waals surface area contributed by atoms with E-state index in [9.17, 15) is 8.42 Å². The van der Waals surface area contributed by atoms with Crippen molar-refractivity contribution in [1.82, 2.24) is 18.8 Å². The van der Waals surface area contributed by atoms with Gasteiger partial charge in [0.1, 0.15) is 0 Å². The van der Waals surface area contributed by atoms with E-state index in [1.807, 2.05) is 0 Å². The van der Waals surface area contributed by atoms with E-state index in [0.29, 0.717) is 25.7 Å². The molecule has 1 N–H and O–H groups in total. The maximum absolute atomic E-state index is 12.5. The van der Waals surface area contributed by atoms with Crippen LogP contribution >= 0.6 is 0 Å². The van der Waals surface area contributed by atoms with Crippen molar-refractivity contribution in [3.8, 4) is 0 Å². The van der Waals surface area contributed by atoms with Gasteiger partial charge < -0.3 is 5.32 Å². The van der Waals surface area contributed by atoms with E-state index in [0.717, 1.165) is 32.6 Å². The Morgan fingerprint density at radius 2 is 1.95 bits per heavy atom. The summed E-state index contributed by atoms with van der Waals surface area (Å²) >= 11 is 0. The number of nitrogens with zero attached hydrogens (tertiary/aromatic N) is 3. The summed E-state index contributed by atoms with van der Waals surface area (Å²) in [6, 6.07) is 0.382. The first-order valence-corrected chi connectivity index (χ1v) is 8.61. The highest BCUT2D eigenvalue weighted by Gasteiger charge is 2.32. The van der Waals surface area contributed by atoms with Crippen molar-refractivity contribution >= 4 is 10.2 Å². The number of piperazine rings is 1. The first-order valence-electron chi connectivity index (χ1n) is 7.22. The van der Waals surface area contributed by atoms with Crippen LogP contribution in [0.25, 0.3) is 0 Å². The van der Waals surface area contributed by atoms with E-state index in [-0.39, 0.29) is 0 Å². The van der Waals surface area contributed by atoms with Gasteiger partial charge in [0.05, 0.1) is 0 Å². The van der Waals surface area contributed by atoms with Crippen LogP contribution in [-0.2, 0) is 10.2 Å². The normalized spacial score (nSPS) is 27.2. The third-order valence-electron chi connectivity index (χ3n) is 4.17. The van der Waals surface area contributed by atoms with E-state index in [1.165, 1.54) is 10.7 Å². The molecule has 1 atom stereocenters. The van der Waals surface area contributed by atoms with Crippen molar-refractivity contribution in [3.63, 3.8) is 0 Å². The van der Waals surface area contributed by atoms with Gasteiger partial charge in [0.15, 0.2) is 0 Å². The molecule has 0 aromatic carbocycles. The van der Waals surface area contributed by atoms with Crippen LogP contribution in [-0.4, -0.2) is 80.8 Å². The summed E-state index contributed by atoms with van der Waals surface area (Å²) in [6.45, 7) is 7.51. The van der Waals surface area contributed by atoms with Gasteiger partial charge in [0, 0.05) is 45.8 Å². The molecule has 0 radical (unpaired) electrons. The van der Waals surface area contributed by atoms with Gasteiger partial charge in [0.2, 0.25) is 0 Å². The molecule has 0 bridgehead atoms. The molecule has 2 aliphatic heterocycles. The maximum Gasteiger partial charge on any atom is 0.281 e. The molecule has 0 saturated carbocycles. The van der Waals surface area contributed by atoms with E-state index >= 15 is 0 Å². The quantitative estimate of drug-likeness (QED) is 0.745. The zero-order valence-corrected chi connectivity index (χ0v) is 12.8. The van der Waals surface area contributed by atoms with Crippen LogP contribution in [0.2, 0.25) is 0 Å². The number of likely N-dealkylation sites (tertiary alicyclic amines) is 1. The van der Waals surface area contributed by atoms with E-state index < -0.39 is 10.2 Å². The minimum Gasteiger partial charge on any atom is -0.314 e. The lowest BCUT2D eigenvalue weighted by atomic mass is 10.2. The van der Waals surface area contributed by atoms with Crippen LogP contribution in [0.15, 0.2) is 0 Å². The van der Waals surface area contributed by atoms with Gasteiger partial charge in [-0.3, -0.25) is 4.90 Å². The number of nitrogens with one attached hydrogen (secondary N) is 1. The Bertz CT molecular complexity index is 381. The number of hydrogen-bond donors (Lipinski definition) is 1. The van der Waals surface area contributed by atoms with Crippen molar-refractivity contribution in [2.24, 2.45) is 0 Å². The van der Waals surface area contributed by atoms with Gasteiger partial charge in [-0.15, -0.1) is 0 Å². The predicted octanol–water partition coefficient (Wildman–Crippen LogP) is -0.447. The molecule has 0 spiro atoms. The van der Waals surface area contributed by atoms with Crippen molar-refractivity contribution in [2.75, 3.05) is 52.9 Å². The number of rotatable bonds is 5. The topological polar surface area (TPSA) is 55.9 Å². The van der Waals surface area contributed by atoms with Gasteiger partial charge in [0.25, 0.3) is 10.2 Å². The number of hydrogen-bond acceptors (Lipinski definition) is 4. The molecular weight excluding hydrogens is 264 g/mol. The molecule has 7 heteroatoms. The third kappa shape index (κ3) is 3.46. The lowest BCUT2D eigenvalue weighted by molar-refractivity contribution is 0.230. The van der Waals surface area contributed by atoms with Crippen molar-refractivity contribution < 1.29 is 8.42 Å². The fourth-order valence-corrected chi connectivity index (χ4v) is 4.38. The maximum atomic E-state index is 12.5. The molecule has 2 aliphatic rings. The second-order valence-corrected chi connectivity index (χ2v) is 7.40. The second-order valence-electron chi connectivity index (χ2n) is 5.36. The molecule has 112 valence electrons. The highest BCUT2D eigenvalue weighted by molar-refractivity contribution is 7.86. The van der Waals surface area contributed by atoms with Crippen molar-refractivity contribution in [1.29, 1.82) is 0 Å². The Morgan fingerprint density at radius 1 is 1.26 bits per heavy atom. The first-order chi connectivity index (χ1) is 9.05. The Balaban J connectivity index is 1.95. The zero-order valence-electron chi connectivity index (χ0n) is 12.0. The van der Waals surface area contributed by atoms with Gasteiger partial charge in [-0.1, -0.05) is 6.92 Å². The summed E-state index contributed by atoms with van der Waals surface area (Å²) in [5.41, 5.74) is 0. The second kappa shape index (κ2) is 6.49. The highest BCUT2D eigenvalue weighted by atomic mass is 32.2. The monoisotopic (exact) mass is 290 g/mol. The molecular formula is C12H26N4O2S. The molecule has 0 aromatic rings. The summed E-state index contributed by atoms with van der Waals surface area (Å²) < 4.78 is 28.1. The molecule has 2 heterocycles. The highest BCUT2D eigenvalue weighted by Crippen LogP contribution is 2.19.